The number of benzene rings is 5. The van der Waals surface area contributed by atoms with E-state index in [4.69, 9.17) is 18.9 Å². The van der Waals surface area contributed by atoms with E-state index in [1.807, 2.05) is 115 Å². The van der Waals surface area contributed by atoms with E-state index >= 15 is 0 Å². The number of rotatable bonds is 11. The van der Waals surface area contributed by atoms with E-state index in [1.54, 1.807) is 11.8 Å². The molecule has 0 bridgehead atoms. The summed E-state index contributed by atoms with van der Waals surface area (Å²) in [5.74, 6) is 1.28. The van der Waals surface area contributed by atoms with Gasteiger partial charge in [0, 0.05) is 41.8 Å². The number of carbonyl (C=O) groups is 1. The summed E-state index contributed by atoms with van der Waals surface area (Å²) in [7, 11) is 0. The molecule has 0 radical (unpaired) electrons. The van der Waals surface area contributed by atoms with Gasteiger partial charge in [0.1, 0.15) is 5.69 Å². The lowest BCUT2D eigenvalue weighted by Gasteiger charge is -2.41. The van der Waals surface area contributed by atoms with Crippen molar-refractivity contribution in [2.75, 3.05) is 5.75 Å². The molecule has 2 N–H and O–H groups in total. The second-order valence-corrected chi connectivity index (χ2v) is 13.7. The van der Waals surface area contributed by atoms with Gasteiger partial charge in [-0.2, -0.15) is 0 Å². The first-order valence-corrected chi connectivity index (χ1v) is 18.1. The van der Waals surface area contributed by atoms with Crippen LogP contribution in [0.3, 0.4) is 0 Å². The molecule has 0 aliphatic carbocycles. The summed E-state index contributed by atoms with van der Waals surface area (Å²) in [4.78, 5) is 16.6. The maximum absolute atomic E-state index is 11.6. The van der Waals surface area contributed by atoms with Crippen molar-refractivity contribution in [3.05, 3.63) is 156 Å². The van der Waals surface area contributed by atoms with Crippen LogP contribution in [-0.2, 0) is 27.4 Å². The van der Waals surface area contributed by atoms with Gasteiger partial charge in [0.25, 0.3) is 5.22 Å². The molecule has 1 aliphatic heterocycles. The SMILES string of the molecule is CC(=O)NCc1ccccc1-c1ccc([C@H]2O[C@@H](CSc3nc(-c4ccccc4)c(-c4ccccc4)o3)[C@@H](C)[C@@H](c3ccc(CO)cc3)O2)cc1. The zero-order valence-electron chi connectivity index (χ0n) is 28.6. The van der Waals surface area contributed by atoms with Crippen LogP contribution in [0.2, 0.25) is 0 Å². The first-order valence-electron chi connectivity index (χ1n) is 17.1. The average molecular weight is 697 g/mol. The molecule has 5 aromatic carbocycles. The molecule has 1 amide bonds. The number of hydrogen-bond donors (Lipinski definition) is 2. The molecule has 0 saturated carbocycles. The van der Waals surface area contributed by atoms with Crippen molar-refractivity contribution in [2.45, 2.75) is 50.7 Å². The molecular formula is C43H40N2O5S. The topological polar surface area (TPSA) is 93.8 Å². The predicted octanol–water partition coefficient (Wildman–Crippen LogP) is 9.39. The number of nitrogens with zero attached hydrogens (tertiary/aromatic N) is 1. The lowest BCUT2D eigenvalue weighted by atomic mass is 9.91. The zero-order chi connectivity index (χ0) is 35.2. The minimum atomic E-state index is -0.609. The highest BCUT2D eigenvalue weighted by atomic mass is 32.2. The molecule has 1 saturated heterocycles. The summed E-state index contributed by atoms with van der Waals surface area (Å²) in [5, 5.41) is 13.1. The van der Waals surface area contributed by atoms with E-state index in [9.17, 15) is 9.90 Å². The first kappa shape index (κ1) is 34.5. The summed E-state index contributed by atoms with van der Waals surface area (Å²) in [6.45, 7) is 4.12. The molecule has 4 atom stereocenters. The van der Waals surface area contributed by atoms with E-state index < -0.39 is 6.29 Å². The van der Waals surface area contributed by atoms with Crippen LogP contribution in [0.1, 0.15) is 48.5 Å². The van der Waals surface area contributed by atoms with Crippen LogP contribution in [-0.4, -0.2) is 27.9 Å². The predicted molar refractivity (Wildman–Crippen MR) is 200 cm³/mol. The third-order valence-corrected chi connectivity index (χ3v) is 10.1. The Morgan fingerprint density at radius 3 is 2.10 bits per heavy atom. The fourth-order valence-corrected chi connectivity index (χ4v) is 7.39. The number of oxazole rings is 1. The van der Waals surface area contributed by atoms with Crippen LogP contribution in [0.4, 0.5) is 0 Å². The van der Waals surface area contributed by atoms with Crippen molar-refractivity contribution in [1.29, 1.82) is 0 Å². The maximum Gasteiger partial charge on any atom is 0.256 e. The zero-order valence-corrected chi connectivity index (χ0v) is 29.4. The van der Waals surface area contributed by atoms with E-state index in [1.165, 1.54) is 6.92 Å². The Kier molecular flexibility index (Phi) is 10.8. The number of aliphatic hydroxyl groups excluding tert-OH is 1. The van der Waals surface area contributed by atoms with Gasteiger partial charge in [-0.1, -0.05) is 152 Å². The maximum atomic E-state index is 11.6. The van der Waals surface area contributed by atoms with Crippen LogP contribution in [0.25, 0.3) is 33.7 Å². The number of aliphatic hydroxyl groups is 1. The van der Waals surface area contributed by atoms with Crippen LogP contribution in [0.15, 0.2) is 143 Å². The molecule has 7 nitrogen and oxygen atoms in total. The van der Waals surface area contributed by atoms with Gasteiger partial charge in [-0.05, 0) is 27.8 Å². The number of hydrogen-bond acceptors (Lipinski definition) is 7. The van der Waals surface area contributed by atoms with Gasteiger partial charge in [0.2, 0.25) is 5.91 Å². The Hall–Kier alpha value is -4.99. The number of ether oxygens (including phenoxy) is 2. The normalized spacial score (nSPS) is 18.7. The van der Waals surface area contributed by atoms with Crippen molar-refractivity contribution in [2.24, 2.45) is 5.92 Å². The van der Waals surface area contributed by atoms with Gasteiger partial charge in [0.15, 0.2) is 12.1 Å². The van der Waals surface area contributed by atoms with Crippen molar-refractivity contribution in [1.82, 2.24) is 10.3 Å². The largest absolute Gasteiger partial charge is 0.431 e. The molecule has 0 unspecified atom stereocenters. The fraction of sp³-hybridized carbons (Fsp3) is 0.209. The highest BCUT2D eigenvalue weighted by Crippen LogP contribution is 2.44. The number of carbonyl (C=O) groups excluding carboxylic acids is 1. The standard InChI is InChI=1S/C43H40N2O5S/c1-28-38(27-51-43-45-39(32-11-5-3-6-12-32)41(50-43)33-13-7-4-8-14-33)48-42(49-40(28)34-19-17-30(26-46)18-20-34)35-23-21-31(22-24-35)37-16-10-9-15-36(37)25-44-29(2)47/h3-24,28,38,40,42,46H,25-27H2,1-2H3,(H,44,47)/t28-,38+,40+,42+/m1/s1. The third kappa shape index (κ3) is 8.00. The molecule has 6 aromatic rings. The molecule has 51 heavy (non-hydrogen) atoms. The molecule has 0 spiro atoms. The van der Waals surface area contributed by atoms with Crippen molar-refractivity contribution < 1.29 is 23.8 Å². The average Bonchev–Trinajstić information content (AvgIpc) is 3.62. The highest BCUT2D eigenvalue weighted by molar-refractivity contribution is 7.99. The van der Waals surface area contributed by atoms with Crippen molar-refractivity contribution in [3.8, 4) is 33.7 Å². The van der Waals surface area contributed by atoms with Crippen LogP contribution in [0.5, 0.6) is 0 Å². The van der Waals surface area contributed by atoms with Gasteiger partial charge in [-0.3, -0.25) is 4.79 Å². The molecule has 1 aliphatic rings. The Bertz CT molecular complexity index is 1990. The Labute approximate surface area is 302 Å². The second kappa shape index (κ2) is 15.9. The highest BCUT2D eigenvalue weighted by Gasteiger charge is 2.38. The molecule has 1 fully saturated rings. The molecule has 7 rings (SSSR count). The third-order valence-electron chi connectivity index (χ3n) is 9.22. The molecule has 2 heterocycles. The first-order chi connectivity index (χ1) is 25.0. The smallest absolute Gasteiger partial charge is 0.256 e. The molecular weight excluding hydrogens is 657 g/mol. The van der Waals surface area contributed by atoms with Crippen molar-refractivity contribution >= 4 is 17.7 Å². The lowest BCUT2D eigenvalue weighted by molar-refractivity contribution is -0.268. The van der Waals surface area contributed by atoms with Crippen LogP contribution < -0.4 is 5.32 Å². The fourth-order valence-electron chi connectivity index (χ4n) is 6.40. The quantitative estimate of drug-likeness (QED) is 0.130. The van der Waals surface area contributed by atoms with Crippen molar-refractivity contribution in [3.63, 3.8) is 0 Å². The van der Waals surface area contributed by atoms with E-state index in [0.717, 1.165) is 56.0 Å². The number of nitrogens with one attached hydrogen (secondary N) is 1. The summed E-state index contributed by atoms with van der Waals surface area (Å²) < 4.78 is 19.9. The summed E-state index contributed by atoms with van der Waals surface area (Å²) in [6.07, 6.45) is -1.05. The van der Waals surface area contributed by atoms with E-state index in [-0.39, 0.29) is 30.6 Å². The summed E-state index contributed by atoms with van der Waals surface area (Å²) in [5.41, 5.74) is 8.71. The second-order valence-electron chi connectivity index (χ2n) is 12.7. The van der Waals surface area contributed by atoms with E-state index in [2.05, 4.69) is 30.4 Å². The van der Waals surface area contributed by atoms with Crippen LogP contribution in [0, 0.1) is 5.92 Å². The number of thioether (sulfide) groups is 1. The summed E-state index contributed by atoms with van der Waals surface area (Å²) >= 11 is 1.54. The molecule has 1 aromatic heterocycles. The lowest BCUT2D eigenvalue weighted by Crippen LogP contribution is -2.38. The molecule has 258 valence electrons. The van der Waals surface area contributed by atoms with Gasteiger partial charge in [0.05, 0.1) is 18.8 Å². The van der Waals surface area contributed by atoms with Gasteiger partial charge >= 0.3 is 0 Å². The minimum Gasteiger partial charge on any atom is -0.431 e. The Balaban J connectivity index is 1.16. The van der Waals surface area contributed by atoms with Gasteiger partial charge in [-0.25, -0.2) is 4.98 Å². The number of amides is 1. The van der Waals surface area contributed by atoms with Crippen LogP contribution >= 0.6 is 11.8 Å². The monoisotopic (exact) mass is 696 g/mol. The van der Waals surface area contributed by atoms with Gasteiger partial charge in [-0.15, -0.1) is 0 Å². The minimum absolute atomic E-state index is 0.00537. The summed E-state index contributed by atoms with van der Waals surface area (Å²) in [6, 6.07) is 44.4. The molecule has 8 heteroatoms. The van der Waals surface area contributed by atoms with E-state index in [0.29, 0.717) is 17.5 Å². The Morgan fingerprint density at radius 2 is 1.41 bits per heavy atom. The Morgan fingerprint density at radius 1 is 0.765 bits per heavy atom. The van der Waals surface area contributed by atoms with Gasteiger partial charge < -0.3 is 24.3 Å². The number of aromatic nitrogens is 1.